The van der Waals surface area contributed by atoms with Crippen molar-refractivity contribution in [3.05, 3.63) is 71.6 Å². The van der Waals surface area contributed by atoms with Crippen LogP contribution in [0.2, 0.25) is 5.02 Å². The number of aromatic nitrogens is 2. The fourth-order valence-electron chi connectivity index (χ4n) is 2.54. The number of benzene rings is 2. The Morgan fingerprint density at radius 3 is 2.75 bits per heavy atom. The van der Waals surface area contributed by atoms with Gasteiger partial charge < -0.3 is 9.73 Å². The van der Waals surface area contributed by atoms with Crippen LogP contribution in [-0.4, -0.2) is 16.1 Å². The number of rotatable bonds is 3. The Balaban J connectivity index is 1.67. The molecule has 4 aromatic rings. The Kier molecular flexibility index (Phi) is 3.55. The minimum Gasteiger partial charge on any atom is -0.459 e. The number of H-pyrrole nitrogens is 1. The van der Waals surface area contributed by atoms with E-state index in [-0.39, 0.29) is 11.7 Å². The van der Waals surface area contributed by atoms with Crippen LogP contribution in [-0.2, 0) is 0 Å². The highest BCUT2D eigenvalue weighted by atomic mass is 35.5. The maximum Gasteiger partial charge on any atom is 0.292 e. The molecule has 0 unspecified atom stereocenters. The highest BCUT2D eigenvalue weighted by Gasteiger charge is 2.13. The van der Waals surface area contributed by atoms with Crippen LogP contribution in [0.4, 0.5) is 5.82 Å². The molecule has 2 heterocycles. The third-order valence-electron chi connectivity index (χ3n) is 3.70. The summed E-state index contributed by atoms with van der Waals surface area (Å²) in [7, 11) is 0. The number of carbonyl (C=O) groups excluding carboxylic acids is 1. The van der Waals surface area contributed by atoms with Crippen molar-refractivity contribution in [3.63, 3.8) is 0 Å². The topological polar surface area (TPSA) is 70.9 Å². The molecular weight excluding hydrogens is 326 g/mol. The lowest BCUT2D eigenvalue weighted by atomic mass is 10.0. The predicted octanol–water partition coefficient (Wildman–Crippen LogP) is 4.73. The molecule has 24 heavy (non-hydrogen) atoms. The number of anilines is 1. The zero-order valence-corrected chi connectivity index (χ0v) is 13.2. The van der Waals surface area contributed by atoms with Crippen LogP contribution in [0.5, 0.6) is 0 Å². The van der Waals surface area contributed by atoms with Gasteiger partial charge in [-0.15, -0.1) is 0 Å². The Morgan fingerprint density at radius 1 is 1.08 bits per heavy atom. The van der Waals surface area contributed by atoms with Gasteiger partial charge >= 0.3 is 0 Å². The van der Waals surface area contributed by atoms with Gasteiger partial charge in [-0.1, -0.05) is 29.8 Å². The van der Waals surface area contributed by atoms with Crippen LogP contribution >= 0.6 is 11.6 Å². The van der Waals surface area contributed by atoms with Gasteiger partial charge in [0.1, 0.15) is 0 Å². The number of nitrogens with zero attached hydrogens (tertiary/aromatic N) is 1. The van der Waals surface area contributed by atoms with E-state index in [0.29, 0.717) is 10.8 Å². The van der Waals surface area contributed by atoms with Crippen LogP contribution in [0.1, 0.15) is 10.6 Å². The Morgan fingerprint density at radius 2 is 1.96 bits per heavy atom. The van der Waals surface area contributed by atoms with Gasteiger partial charge in [0.2, 0.25) is 0 Å². The number of halogens is 1. The van der Waals surface area contributed by atoms with Crippen LogP contribution in [0.3, 0.4) is 0 Å². The van der Waals surface area contributed by atoms with Gasteiger partial charge in [0.15, 0.2) is 11.6 Å². The molecule has 0 bridgehead atoms. The first-order chi connectivity index (χ1) is 11.7. The van der Waals surface area contributed by atoms with Crippen LogP contribution < -0.4 is 5.32 Å². The molecule has 2 aromatic heterocycles. The molecule has 118 valence electrons. The van der Waals surface area contributed by atoms with Crippen molar-refractivity contribution < 1.29 is 9.21 Å². The number of nitrogens with one attached hydrogen (secondary N) is 2. The van der Waals surface area contributed by atoms with Gasteiger partial charge in [-0.2, -0.15) is 5.10 Å². The fourth-order valence-corrected chi connectivity index (χ4v) is 2.73. The van der Waals surface area contributed by atoms with E-state index in [2.05, 4.69) is 15.5 Å². The summed E-state index contributed by atoms with van der Waals surface area (Å²) in [5.41, 5.74) is 2.85. The van der Waals surface area contributed by atoms with Crippen molar-refractivity contribution >= 4 is 34.2 Å². The molecule has 2 N–H and O–H groups in total. The van der Waals surface area contributed by atoms with E-state index < -0.39 is 0 Å². The normalized spacial score (nSPS) is 10.9. The number of hydrogen-bond donors (Lipinski definition) is 2. The standard InChI is InChI=1S/C18H12ClN3O2/c19-13-4-1-3-11(9-13)12-6-7-14-15(10-12)21-22-17(14)20-18(23)16-5-2-8-24-16/h1-10H,(H2,20,21,22,23). The van der Waals surface area contributed by atoms with E-state index in [1.54, 1.807) is 12.1 Å². The SMILES string of the molecule is O=C(Nc1n[nH]c2cc(-c3cccc(Cl)c3)ccc12)c1ccco1. The second kappa shape index (κ2) is 5.86. The van der Waals surface area contributed by atoms with Crippen molar-refractivity contribution in [2.45, 2.75) is 0 Å². The first-order valence-electron chi connectivity index (χ1n) is 7.29. The summed E-state index contributed by atoms with van der Waals surface area (Å²) in [6.07, 6.45) is 1.45. The summed E-state index contributed by atoms with van der Waals surface area (Å²) in [5.74, 6) is 0.359. The maximum absolute atomic E-state index is 12.1. The highest BCUT2D eigenvalue weighted by molar-refractivity contribution is 6.30. The molecule has 0 saturated carbocycles. The zero-order chi connectivity index (χ0) is 16.5. The van der Waals surface area contributed by atoms with E-state index in [4.69, 9.17) is 16.0 Å². The molecule has 0 spiro atoms. The Hall–Kier alpha value is -3.05. The third-order valence-corrected chi connectivity index (χ3v) is 3.93. The van der Waals surface area contributed by atoms with Crippen molar-refractivity contribution in [3.8, 4) is 11.1 Å². The number of hydrogen-bond acceptors (Lipinski definition) is 3. The first kappa shape index (κ1) is 14.5. The van der Waals surface area contributed by atoms with E-state index >= 15 is 0 Å². The molecule has 5 nitrogen and oxygen atoms in total. The summed E-state index contributed by atoms with van der Waals surface area (Å²) in [4.78, 5) is 12.1. The highest BCUT2D eigenvalue weighted by Crippen LogP contribution is 2.28. The number of fused-ring (bicyclic) bond motifs is 1. The lowest BCUT2D eigenvalue weighted by Crippen LogP contribution is -2.11. The van der Waals surface area contributed by atoms with Gasteiger partial charge in [0, 0.05) is 10.4 Å². The van der Waals surface area contributed by atoms with E-state index in [1.807, 2.05) is 42.5 Å². The Labute approximate surface area is 142 Å². The fraction of sp³-hybridized carbons (Fsp3) is 0. The van der Waals surface area contributed by atoms with Crippen molar-refractivity contribution in [2.75, 3.05) is 5.32 Å². The molecular formula is C18H12ClN3O2. The van der Waals surface area contributed by atoms with Crippen molar-refractivity contribution in [2.24, 2.45) is 0 Å². The number of furan rings is 1. The Bertz CT molecular complexity index is 1020. The second-order valence-electron chi connectivity index (χ2n) is 5.27. The first-order valence-corrected chi connectivity index (χ1v) is 7.67. The molecule has 2 aromatic carbocycles. The van der Waals surface area contributed by atoms with E-state index in [0.717, 1.165) is 22.0 Å². The molecule has 0 atom stereocenters. The minimum absolute atomic E-state index is 0.238. The number of carbonyl (C=O) groups is 1. The van der Waals surface area contributed by atoms with Crippen molar-refractivity contribution in [1.82, 2.24) is 10.2 Å². The zero-order valence-electron chi connectivity index (χ0n) is 12.4. The summed E-state index contributed by atoms with van der Waals surface area (Å²) < 4.78 is 5.08. The van der Waals surface area contributed by atoms with E-state index in [1.165, 1.54) is 6.26 Å². The van der Waals surface area contributed by atoms with Crippen LogP contribution in [0, 0.1) is 0 Å². The maximum atomic E-state index is 12.1. The number of amides is 1. The van der Waals surface area contributed by atoms with E-state index in [9.17, 15) is 4.79 Å². The third kappa shape index (κ3) is 2.66. The summed E-state index contributed by atoms with van der Waals surface area (Å²) in [6, 6.07) is 16.7. The minimum atomic E-state index is -0.340. The van der Waals surface area contributed by atoms with Gasteiger partial charge in [0.25, 0.3) is 5.91 Å². The summed E-state index contributed by atoms with van der Waals surface area (Å²) in [6.45, 7) is 0. The van der Waals surface area contributed by atoms with Crippen molar-refractivity contribution in [1.29, 1.82) is 0 Å². The van der Waals surface area contributed by atoms with Gasteiger partial charge in [-0.25, -0.2) is 0 Å². The number of aromatic amines is 1. The van der Waals surface area contributed by atoms with Gasteiger partial charge in [-0.05, 0) is 47.5 Å². The predicted molar refractivity (Wildman–Crippen MR) is 93.2 cm³/mol. The second-order valence-corrected chi connectivity index (χ2v) is 5.71. The van der Waals surface area contributed by atoms with Gasteiger partial charge in [-0.3, -0.25) is 9.89 Å². The lowest BCUT2D eigenvalue weighted by molar-refractivity contribution is 0.0996. The molecule has 4 rings (SSSR count). The molecule has 0 aliphatic heterocycles. The average Bonchev–Trinajstić information content (AvgIpc) is 3.25. The molecule has 0 saturated heterocycles. The average molecular weight is 338 g/mol. The van der Waals surface area contributed by atoms with Crippen LogP contribution in [0.25, 0.3) is 22.0 Å². The largest absolute Gasteiger partial charge is 0.459 e. The van der Waals surface area contributed by atoms with Crippen LogP contribution in [0.15, 0.2) is 65.3 Å². The molecule has 0 fully saturated rings. The molecule has 1 amide bonds. The summed E-state index contributed by atoms with van der Waals surface area (Å²) >= 11 is 6.05. The monoisotopic (exact) mass is 337 g/mol. The molecule has 0 radical (unpaired) electrons. The molecule has 6 heteroatoms. The van der Waals surface area contributed by atoms with Gasteiger partial charge in [0.05, 0.1) is 11.8 Å². The smallest absolute Gasteiger partial charge is 0.292 e. The molecule has 0 aliphatic carbocycles. The molecule has 0 aliphatic rings. The lowest BCUT2D eigenvalue weighted by Gasteiger charge is -2.03. The quantitative estimate of drug-likeness (QED) is 0.567. The summed E-state index contributed by atoms with van der Waals surface area (Å²) in [5, 5.41) is 11.4.